The maximum atomic E-state index is 12.6. The summed E-state index contributed by atoms with van der Waals surface area (Å²) >= 11 is 11.9. The second-order valence-corrected chi connectivity index (χ2v) is 6.35. The number of benzene rings is 2. The van der Waals surface area contributed by atoms with Gasteiger partial charge in [0.2, 0.25) is 5.91 Å². The normalized spacial score (nSPS) is 15.6. The van der Waals surface area contributed by atoms with E-state index in [0.717, 1.165) is 18.4 Å². The molecular weight excluding hydrogens is 305 g/mol. The number of hydrogen-bond donors (Lipinski definition) is 1. The molecule has 0 saturated heterocycles. The third-order valence-electron chi connectivity index (χ3n) is 3.97. The standard InChI is InChI=1S/C17H15Cl2NO/c1-11-2-4-12(5-3-11)17(8-9-17)16(21)20-13-6-7-14(18)15(19)10-13/h2-7,10H,8-9H2,1H3,(H,20,21). The van der Waals surface area contributed by atoms with Gasteiger partial charge in [-0.1, -0.05) is 53.0 Å². The van der Waals surface area contributed by atoms with Crippen molar-refractivity contribution in [2.24, 2.45) is 0 Å². The molecule has 0 aromatic heterocycles. The predicted octanol–water partition coefficient (Wildman–Crippen LogP) is 4.97. The van der Waals surface area contributed by atoms with Crippen molar-refractivity contribution in [3.05, 3.63) is 63.6 Å². The Morgan fingerprint density at radius 3 is 2.29 bits per heavy atom. The largest absolute Gasteiger partial charge is 0.325 e. The third-order valence-corrected chi connectivity index (χ3v) is 4.71. The maximum absolute atomic E-state index is 12.6. The fourth-order valence-corrected chi connectivity index (χ4v) is 2.77. The van der Waals surface area contributed by atoms with Crippen LogP contribution in [0.2, 0.25) is 10.0 Å². The van der Waals surface area contributed by atoms with E-state index in [4.69, 9.17) is 23.2 Å². The molecule has 4 heteroatoms. The lowest BCUT2D eigenvalue weighted by Gasteiger charge is -2.16. The minimum atomic E-state index is -0.389. The summed E-state index contributed by atoms with van der Waals surface area (Å²) in [6.45, 7) is 2.04. The molecule has 1 fully saturated rings. The van der Waals surface area contributed by atoms with Gasteiger partial charge in [0.25, 0.3) is 0 Å². The molecule has 1 N–H and O–H groups in total. The molecule has 1 saturated carbocycles. The summed E-state index contributed by atoms with van der Waals surface area (Å²) in [6, 6.07) is 13.3. The van der Waals surface area contributed by atoms with Gasteiger partial charge in [-0.05, 0) is 43.5 Å². The first kappa shape index (κ1) is 14.4. The van der Waals surface area contributed by atoms with E-state index in [1.807, 2.05) is 31.2 Å². The predicted molar refractivity (Wildman–Crippen MR) is 87.2 cm³/mol. The van der Waals surface area contributed by atoms with Crippen LogP contribution in [0.25, 0.3) is 0 Å². The number of halogens is 2. The Morgan fingerprint density at radius 1 is 1.05 bits per heavy atom. The Balaban J connectivity index is 1.81. The van der Waals surface area contributed by atoms with Gasteiger partial charge < -0.3 is 5.32 Å². The van der Waals surface area contributed by atoms with E-state index in [0.29, 0.717) is 15.7 Å². The molecular formula is C17H15Cl2NO. The van der Waals surface area contributed by atoms with Crippen LogP contribution in [-0.4, -0.2) is 5.91 Å². The van der Waals surface area contributed by atoms with Crippen molar-refractivity contribution in [3.63, 3.8) is 0 Å². The van der Waals surface area contributed by atoms with E-state index in [1.165, 1.54) is 5.56 Å². The number of carbonyl (C=O) groups excluding carboxylic acids is 1. The molecule has 1 amide bonds. The van der Waals surface area contributed by atoms with Crippen LogP contribution in [0.3, 0.4) is 0 Å². The Kier molecular flexibility index (Phi) is 3.68. The Labute approximate surface area is 134 Å². The molecule has 2 nitrogen and oxygen atoms in total. The molecule has 1 aliphatic carbocycles. The number of nitrogens with one attached hydrogen (secondary N) is 1. The first-order valence-electron chi connectivity index (χ1n) is 6.85. The lowest BCUT2D eigenvalue weighted by molar-refractivity contribution is -0.118. The fourth-order valence-electron chi connectivity index (χ4n) is 2.47. The molecule has 3 rings (SSSR count). The minimum Gasteiger partial charge on any atom is -0.325 e. The first-order chi connectivity index (χ1) is 10.0. The van der Waals surface area contributed by atoms with E-state index in [-0.39, 0.29) is 11.3 Å². The van der Waals surface area contributed by atoms with Crippen LogP contribution >= 0.6 is 23.2 Å². The minimum absolute atomic E-state index is 0.0183. The van der Waals surface area contributed by atoms with Crippen LogP contribution in [0.4, 0.5) is 5.69 Å². The van der Waals surface area contributed by atoms with Crippen LogP contribution in [0.1, 0.15) is 24.0 Å². The van der Waals surface area contributed by atoms with Gasteiger partial charge in [-0.2, -0.15) is 0 Å². The van der Waals surface area contributed by atoms with Crippen molar-refractivity contribution in [2.75, 3.05) is 5.32 Å². The molecule has 21 heavy (non-hydrogen) atoms. The van der Waals surface area contributed by atoms with Crippen molar-refractivity contribution in [2.45, 2.75) is 25.2 Å². The summed E-state index contributed by atoms with van der Waals surface area (Å²) in [6.07, 6.45) is 1.76. The first-order valence-corrected chi connectivity index (χ1v) is 7.60. The van der Waals surface area contributed by atoms with Crippen LogP contribution in [0.15, 0.2) is 42.5 Å². The Morgan fingerprint density at radius 2 is 1.71 bits per heavy atom. The monoisotopic (exact) mass is 319 g/mol. The van der Waals surface area contributed by atoms with E-state index < -0.39 is 0 Å². The van der Waals surface area contributed by atoms with Crippen molar-refractivity contribution in [1.82, 2.24) is 0 Å². The number of hydrogen-bond acceptors (Lipinski definition) is 1. The summed E-state index contributed by atoms with van der Waals surface area (Å²) in [7, 11) is 0. The SMILES string of the molecule is Cc1ccc(C2(C(=O)Nc3ccc(Cl)c(Cl)c3)CC2)cc1. The Bertz CT molecular complexity index is 690. The zero-order valence-electron chi connectivity index (χ0n) is 11.6. The molecule has 0 atom stereocenters. The molecule has 108 valence electrons. The summed E-state index contributed by atoms with van der Waals surface area (Å²) in [5.41, 5.74) is 2.55. The van der Waals surface area contributed by atoms with Gasteiger partial charge >= 0.3 is 0 Å². The molecule has 2 aromatic rings. The summed E-state index contributed by atoms with van der Waals surface area (Å²) in [5, 5.41) is 3.86. The summed E-state index contributed by atoms with van der Waals surface area (Å²) < 4.78 is 0. The van der Waals surface area contributed by atoms with Gasteiger partial charge in [0.05, 0.1) is 15.5 Å². The quantitative estimate of drug-likeness (QED) is 0.850. The summed E-state index contributed by atoms with van der Waals surface area (Å²) in [5.74, 6) is 0.0183. The van der Waals surface area contributed by atoms with Crippen molar-refractivity contribution in [1.29, 1.82) is 0 Å². The molecule has 0 radical (unpaired) electrons. The Hall–Kier alpha value is -1.51. The zero-order chi connectivity index (χ0) is 15.0. The van der Waals surface area contributed by atoms with E-state index in [2.05, 4.69) is 5.32 Å². The highest BCUT2D eigenvalue weighted by molar-refractivity contribution is 6.42. The smallest absolute Gasteiger partial charge is 0.235 e. The van der Waals surface area contributed by atoms with Crippen molar-refractivity contribution >= 4 is 34.8 Å². The van der Waals surface area contributed by atoms with Crippen LogP contribution < -0.4 is 5.32 Å². The van der Waals surface area contributed by atoms with Gasteiger partial charge in [0.1, 0.15) is 0 Å². The van der Waals surface area contributed by atoms with E-state index >= 15 is 0 Å². The average Bonchev–Trinajstić information content (AvgIpc) is 3.25. The molecule has 0 spiro atoms. The number of carbonyl (C=O) groups is 1. The van der Waals surface area contributed by atoms with Gasteiger partial charge in [0.15, 0.2) is 0 Å². The van der Waals surface area contributed by atoms with Gasteiger partial charge in [-0.3, -0.25) is 4.79 Å². The highest BCUT2D eigenvalue weighted by Gasteiger charge is 2.51. The molecule has 0 unspecified atom stereocenters. The lowest BCUT2D eigenvalue weighted by Crippen LogP contribution is -2.27. The fraction of sp³-hybridized carbons (Fsp3) is 0.235. The van der Waals surface area contributed by atoms with Crippen LogP contribution in [0.5, 0.6) is 0 Å². The van der Waals surface area contributed by atoms with Crippen LogP contribution in [-0.2, 0) is 10.2 Å². The van der Waals surface area contributed by atoms with Crippen LogP contribution in [0, 0.1) is 6.92 Å². The molecule has 0 heterocycles. The van der Waals surface area contributed by atoms with Crippen molar-refractivity contribution in [3.8, 4) is 0 Å². The van der Waals surface area contributed by atoms with Crippen molar-refractivity contribution < 1.29 is 4.79 Å². The number of rotatable bonds is 3. The maximum Gasteiger partial charge on any atom is 0.235 e. The average molecular weight is 320 g/mol. The number of aryl methyl sites for hydroxylation is 1. The van der Waals surface area contributed by atoms with E-state index in [9.17, 15) is 4.79 Å². The summed E-state index contributed by atoms with van der Waals surface area (Å²) in [4.78, 5) is 12.6. The highest BCUT2D eigenvalue weighted by Crippen LogP contribution is 2.49. The second-order valence-electron chi connectivity index (χ2n) is 5.53. The lowest BCUT2D eigenvalue weighted by atomic mass is 9.94. The number of anilines is 1. The van der Waals surface area contributed by atoms with Gasteiger partial charge in [-0.25, -0.2) is 0 Å². The molecule has 2 aromatic carbocycles. The second kappa shape index (κ2) is 5.36. The molecule has 0 aliphatic heterocycles. The number of amides is 1. The molecule has 1 aliphatic rings. The highest BCUT2D eigenvalue weighted by atomic mass is 35.5. The zero-order valence-corrected chi connectivity index (χ0v) is 13.1. The van der Waals surface area contributed by atoms with E-state index in [1.54, 1.807) is 18.2 Å². The topological polar surface area (TPSA) is 29.1 Å². The molecule has 0 bridgehead atoms. The van der Waals surface area contributed by atoms with Gasteiger partial charge in [-0.15, -0.1) is 0 Å². The van der Waals surface area contributed by atoms with Gasteiger partial charge in [0, 0.05) is 5.69 Å². The third kappa shape index (κ3) is 2.78.